The van der Waals surface area contributed by atoms with Gasteiger partial charge in [0.1, 0.15) is 0 Å². The number of carbonyl (C=O) groups is 2. The van der Waals surface area contributed by atoms with Crippen LogP contribution in [0.1, 0.15) is 20.7 Å². The Hall–Kier alpha value is -3.80. The molecular weight excluding hydrogens is 356 g/mol. The smallest absolute Gasteiger partial charge is 0.255 e. The second kappa shape index (κ2) is 8.73. The van der Waals surface area contributed by atoms with Gasteiger partial charge in [0, 0.05) is 22.5 Å². The number of rotatable bonds is 6. The van der Waals surface area contributed by atoms with Gasteiger partial charge >= 0.3 is 0 Å². The van der Waals surface area contributed by atoms with Crippen molar-refractivity contribution < 1.29 is 19.1 Å². The molecule has 0 heterocycles. The van der Waals surface area contributed by atoms with Crippen molar-refractivity contribution >= 4 is 23.2 Å². The molecule has 3 aromatic carbocycles. The molecule has 0 aromatic heterocycles. The molecular formula is C22H20N2O4. The van der Waals surface area contributed by atoms with Gasteiger partial charge in [-0.15, -0.1) is 0 Å². The minimum Gasteiger partial charge on any atom is -0.493 e. The average molecular weight is 376 g/mol. The van der Waals surface area contributed by atoms with E-state index in [4.69, 9.17) is 9.47 Å². The first kappa shape index (κ1) is 19.0. The third-order valence-corrected chi connectivity index (χ3v) is 4.06. The highest BCUT2D eigenvalue weighted by Crippen LogP contribution is 2.28. The lowest BCUT2D eigenvalue weighted by molar-refractivity contribution is 0.101. The van der Waals surface area contributed by atoms with Gasteiger partial charge in [-0.05, 0) is 48.5 Å². The number of anilines is 2. The first-order valence-electron chi connectivity index (χ1n) is 8.60. The van der Waals surface area contributed by atoms with Crippen LogP contribution in [0.5, 0.6) is 11.5 Å². The second-order valence-electron chi connectivity index (χ2n) is 5.92. The maximum atomic E-state index is 12.5. The molecule has 0 bridgehead atoms. The molecule has 0 saturated carbocycles. The highest BCUT2D eigenvalue weighted by atomic mass is 16.5. The monoisotopic (exact) mass is 376 g/mol. The Kier molecular flexibility index (Phi) is 5.91. The fraction of sp³-hybridized carbons (Fsp3) is 0.0909. The Balaban J connectivity index is 1.73. The van der Waals surface area contributed by atoms with Crippen molar-refractivity contribution in [3.63, 3.8) is 0 Å². The van der Waals surface area contributed by atoms with Crippen LogP contribution in [0.15, 0.2) is 72.8 Å². The van der Waals surface area contributed by atoms with Gasteiger partial charge in [-0.3, -0.25) is 9.59 Å². The van der Waals surface area contributed by atoms with Gasteiger partial charge in [0.15, 0.2) is 11.5 Å². The van der Waals surface area contributed by atoms with Gasteiger partial charge in [-0.1, -0.05) is 24.3 Å². The zero-order valence-electron chi connectivity index (χ0n) is 15.6. The zero-order valence-corrected chi connectivity index (χ0v) is 15.6. The van der Waals surface area contributed by atoms with E-state index in [1.165, 1.54) is 14.2 Å². The predicted octanol–water partition coefficient (Wildman–Crippen LogP) is 4.21. The van der Waals surface area contributed by atoms with Gasteiger partial charge < -0.3 is 20.1 Å². The number of nitrogens with one attached hydrogen (secondary N) is 2. The van der Waals surface area contributed by atoms with E-state index in [0.29, 0.717) is 34.0 Å². The number of ether oxygens (including phenoxy) is 2. The molecule has 0 saturated heterocycles. The SMILES string of the molecule is COc1ccc(C(=O)Nc2cccc(C(=O)Nc3ccccc3)c2)cc1OC. The van der Waals surface area contributed by atoms with E-state index >= 15 is 0 Å². The van der Waals surface area contributed by atoms with Crippen molar-refractivity contribution in [3.05, 3.63) is 83.9 Å². The van der Waals surface area contributed by atoms with E-state index in [1.807, 2.05) is 18.2 Å². The summed E-state index contributed by atoms with van der Waals surface area (Å²) >= 11 is 0. The van der Waals surface area contributed by atoms with Crippen molar-refractivity contribution in [3.8, 4) is 11.5 Å². The molecule has 0 radical (unpaired) electrons. The standard InChI is InChI=1S/C22H20N2O4/c1-27-19-12-11-16(14-20(19)28-2)22(26)24-18-10-6-7-15(13-18)21(25)23-17-8-4-3-5-9-17/h3-14H,1-2H3,(H,23,25)(H,24,26). The van der Waals surface area contributed by atoms with Crippen LogP contribution in [0.2, 0.25) is 0 Å². The quantitative estimate of drug-likeness (QED) is 0.676. The summed E-state index contributed by atoms with van der Waals surface area (Å²) in [6.45, 7) is 0. The van der Waals surface area contributed by atoms with E-state index in [2.05, 4.69) is 10.6 Å². The van der Waals surface area contributed by atoms with Crippen LogP contribution in [-0.2, 0) is 0 Å². The van der Waals surface area contributed by atoms with E-state index in [-0.39, 0.29) is 11.8 Å². The molecule has 6 heteroatoms. The number of hydrogen-bond acceptors (Lipinski definition) is 4. The molecule has 0 unspecified atom stereocenters. The lowest BCUT2D eigenvalue weighted by atomic mass is 10.1. The lowest BCUT2D eigenvalue weighted by Crippen LogP contribution is -2.14. The van der Waals surface area contributed by atoms with Gasteiger partial charge in [0.05, 0.1) is 14.2 Å². The third kappa shape index (κ3) is 4.48. The minimum absolute atomic E-state index is 0.256. The topological polar surface area (TPSA) is 76.7 Å². The first-order valence-corrected chi connectivity index (χ1v) is 8.60. The Morgan fingerprint density at radius 3 is 1.93 bits per heavy atom. The van der Waals surface area contributed by atoms with Gasteiger partial charge in [0.2, 0.25) is 0 Å². The number of hydrogen-bond donors (Lipinski definition) is 2. The molecule has 28 heavy (non-hydrogen) atoms. The minimum atomic E-state index is -0.318. The number of amides is 2. The average Bonchev–Trinajstić information content (AvgIpc) is 2.74. The summed E-state index contributed by atoms with van der Waals surface area (Å²) in [6, 6.07) is 20.8. The lowest BCUT2D eigenvalue weighted by Gasteiger charge is -2.11. The zero-order chi connectivity index (χ0) is 19.9. The van der Waals surface area contributed by atoms with Crippen molar-refractivity contribution in [2.45, 2.75) is 0 Å². The van der Waals surface area contributed by atoms with E-state index in [1.54, 1.807) is 54.6 Å². The molecule has 0 aliphatic heterocycles. The van der Waals surface area contributed by atoms with Crippen LogP contribution < -0.4 is 20.1 Å². The second-order valence-corrected chi connectivity index (χ2v) is 5.92. The van der Waals surface area contributed by atoms with Crippen molar-refractivity contribution in [1.29, 1.82) is 0 Å². The fourth-order valence-corrected chi connectivity index (χ4v) is 2.64. The first-order chi connectivity index (χ1) is 13.6. The maximum absolute atomic E-state index is 12.5. The van der Waals surface area contributed by atoms with Crippen LogP contribution in [0, 0.1) is 0 Å². The number of methoxy groups -OCH3 is 2. The van der Waals surface area contributed by atoms with Gasteiger partial charge in [0.25, 0.3) is 11.8 Å². The molecule has 0 aliphatic rings. The molecule has 6 nitrogen and oxygen atoms in total. The molecule has 3 aromatic rings. The van der Waals surface area contributed by atoms with Crippen molar-refractivity contribution in [2.75, 3.05) is 24.9 Å². The predicted molar refractivity (Wildman–Crippen MR) is 108 cm³/mol. The molecule has 3 rings (SSSR count). The number of para-hydroxylation sites is 1. The number of benzene rings is 3. The Morgan fingerprint density at radius 2 is 1.25 bits per heavy atom. The van der Waals surface area contributed by atoms with E-state index in [0.717, 1.165) is 0 Å². The fourth-order valence-electron chi connectivity index (χ4n) is 2.64. The maximum Gasteiger partial charge on any atom is 0.255 e. The van der Waals surface area contributed by atoms with Crippen LogP contribution >= 0.6 is 0 Å². The van der Waals surface area contributed by atoms with Gasteiger partial charge in [-0.2, -0.15) is 0 Å². The molecule has 0 fully saturated rings. The highest BCUT2D eigenvalue weighted by molar-refractivity contribution is 6.07. The summed E-state index contributed by atoms with van der Waals surface area (Å²) in [5, 5.41) is 5.61. The van der Waals surface area contributed by atoms with Gasteiger partial charge in [-0.25, -0.2) is 0 Å². The van der Waals surface area contributed by atoms with Crippen LogP contribution in [0.25, 0.3) is 0 Å². The largest absolute Gasteiger partial charge is 0.493 e. The summed E-state index contributed by atoms with van der Waals surface area (Å²) in [4.78, 5) is 25.0. The van der Waals surface area contributed by atoms with Crippen molar-refractivity contribution in [2.24, 2.45) is 0 Å². The molecule has 0 spiro atoms. The molecule has 0 aliphatic carbocycles. The number of carbonyl (C=O) groups excluding carboxylic acids is 2. The summed E-state index contributed by atoms with van der Waals surface area (Å²) in [7, 11) is 3.04. The van der Waals surface area contributed by atoms with E-state index < -0.39 is 0 Å². The molecule has 2 N–H and O–H groups in total. The molecule has 2 amide bonds. The van der Waals surface area contributed by atoms with E-state index in [9.17, 15) is 9.59 Å². The molecule has 0 atom stereocenters. The summed E-state index contributed by atoms with van der Waals surface area (Å²) in [5.74, 6) is 0.430. The van der Waals surface area contributed by atoms with Crippen LogP contribution in [0.3, 0.4) is 0 Å². The third-order valence-electron chi connectivity index (χ3n) is 4.06. The Morgan fingerprint density at radius 1 is 0.643 bits per heavy atom. The normalized spacial score (nSPS) is 10.1. The van der Waals surface area contributed by atoms with Crippen molar-refractivity contribution in [1.82, 2.24) is 0 Å². The van der Waals surface area contributed by atoms with Crippen LogP contribution in [0.4, 0.5) is 11.4 Å². The summed E-state index contributed by atoms with van der Waals surface area (Å²) < 4.78 is 10.4. The molecule has 142 valence electrons. The Labute approximate surface area is 163 Å². The highest BCUT2D eigenvalue weighted by Gasteiger charge is 2.12. The Bertz CT molecular complexity index is 987. The summed E-state index contributed by atoms with van der Waals surface area (Å²) in [5.41, 5.74) is 2.07. The summed E-state index contributed by atoms with van der Waals surface area (Å²) in [6.07, 6.45) is 0. The van der Waals surface area contributed by atoms with Crippen LogP contribution in [-0.4, -0.2) is 26.0 Å².